The van der Waals surface area contributed by atoms with Gasteiger partial charge in [0.1, 0.15) is 0 Å². The van der Waals surface area contributed by atoms with Crippen LogP contribution < -0.4 is 5.32 Å². The Kier molecular flexibility index (Phi) is 7.62. The van der Waals surface area contributed by atoms with Gasteiger partial charge in [-0.3, -0.25) is 4.79 Å². The third-order valence-electron chi connectivity index (χ3n) is 1.57. The predicted molar refractivity (Wildman–Crippen MR) is 55.3 cm³/mol. The van der Waals surface area contributed by atoms with Crippen LogP contribution in [-0.2, 0) is 19.1 Å². The Morgan fingerprint density at radius 3 is 2.53 bits per heavy atom. The molecule has 0 aliphatic carbocycles. The molecule has 0 saturated heterocycles. The Balaban J connectivity index is 3.31. The van der Waals surface area contributed by atoms with Crippen LogP contribution in [0.4, 0.5) is 0 Å². The Hall–Kier alpha value is -1.10. The summed E-state index contributed by atoms with van der Waals surface area (Å²) in [5.74, 6) is -1.06. The van der Waals surface area contributed by atoms with Gasteiger partial charge in [-0.1, -0.05) is 13.8 Å². The molecule has 15 heavy (non-hydrogen) atoms. The van der Waals surface area contributed by atoms with Crippen LogP contribution in [-0.4, -0.2) is 38.7 Å². The highest BCUT2D eigenvalue weighted by Gasteiger charge is 2.11. The molecular weight excluding hydrogens is 198 g/mol. The smallest absolute Gasteiger partial charge is 0.396 e. The molecule has 0 rings (SSSR count). The third-order valence-corrected chi connectivity index (χ3v) is 1.57. The molecule has 0 unspecified atom stereocenters. The van der Waals surface area contributed by atoms with Crippen molar-refractivity contribution in [1.82, 2.24) is 5.32 Å². The normalized spacial score (nSPS) is 10.1. The summed E-state index contributed by atoms with van der Waals surface area (Å²) in [5, 5.41) is 2.43. The molecule has 0 bridgehead atoms. The first kappa shape index (κ1) is 13.9. The number of ether oxygens (including phenoxy) is 2. The Morgan fingerprint density at radius 2 is 2.00 bits per heavy atom. The van der Waals surface area contributed by atoms with E-state index in [1.54, 1.807) is 0 Å². The average molecular weight is 217 g/mol. The zero-order valence-corrected chi connectivity index (χ0v) is 9.54. The van der Waals surface area contributed by atoms with Gasteiger partial charge in [-0.2, -0.15) is 0 Å². The summed E-state index contributed by atoms with van der Waals surface area (Å²) < 4.78 is 9.54. The van der Waals surface area contributed by atoms with E-state index in [-0.39, 0.29) is 0 Å². The molecular formula is C10H19NO4. The maximum atomic E-state index is 10.9. The lowest BCUT2D eigenvalue weighted by atomic mass is 10.2. The van der Waals surface area contributed by atoms with Crippen LogP contribution >= 0.6 is 0 Å². The molecule has 0 heterocycles. The highest BCUT2D eigenvalue weighted by molar-refractivity contribution is 6.32. The molecule has 0 aromatic rings. The van der Waals surface area contributed by atoms with Crippen LogP contribution in [0.5, 0.6) is 0 Å². The highest BCUT2D eigenvalue weighted by atomic mass is 16.5. The number of esters is 1. The lowest BCUT2D eigenvalue weighted by Gasteiger charge is -2.06. The first-order valence-electron chi connectivity index (χ1n) is 5.01. The van der Waals surface area contributed by atoms with E-state index >= 15 is 0 Å². The number of carbonyl (C=O) groups is 2. The molecule has 0 aliphatic rings. The minimum Gasteiger partial charge on any atom is -0.462 e. The third kappa shape index (κ3) is 7.93. The van der Waals surface area contributed by atoms with Gasteiger partial charge in [0.25, 0.3) is 0 Å². The molecule has 1 amide bonds. The van der Waals surface area contributed by atoms with Gasteiger partial charge in [-0.25, -0.2) is 4.79 Å². The summed E-state index contributed by atoms with van der Waals surface area (Å²) in [6.07, 6.45) is 0.690. The lowest BCUT2D eigenvalue weighted by Crippen LogP contribution is -2.32. The van der Waals surface area contributed by atoms with Crippen LogP contribution in [0.1, 0.15) is 20.3 Å². The SMILES string of the molecule is COC(=O)C(=O)NCCCOCC(C)C. The van der Waals surface area contributed by atoms with Gasteiger partial charge >= 0.3 is 11.9 Å². The van der Waals surface area contributed by atoms with E-state index in [1.165, 1.54) is 7.11 Å². The number of amides is 1. The van der Waals surface area contributed by atoms with Crippen molar-refractivity contribution >= 4 is 11.9 Å². The number of methoxy groups -OCH3 is 1. The van der Waals surface area contributed by atoms with E-state index < -0.39 is 11.9 Å². The molecule has 0 saturated carbocycles. The Morgan fingerprint density at radius 1 is 1.33 bits per heavy atom. The molecule has 0 atom stereocenters. The summed E-state index contributed by atoms with van der Waals surface area (Å²) in [6.45, 7) is 5.86. The van der Waals surface area contributed by atoms with E-state index in [0.29, 0.717) is 32.1 Å². The lowest BCUT2D eigenvalue weighted by molar-refractivity contribution is -0.152. The van der Waals surface area contributed by atoms with Gasteiger partial charge in [0, 0.05) is 19.8 Å². The monoisotopic (exact) mass is 217 g/mol. The zero-order valence-electron chi connectivity index (χ0n) is 9.54. The topological polar surface area (TPSA) is 64.6 Å². The summed E-state index contributed by atoms with van der Waals surface area (Å²) >= 11 is 0. The fraction of sp³-hybridized carbons (Fsp3) is 0.800. The highest BCUT2D eigenvalue weighted by Crippen LogP contribution is 1.92. The second-order valence-electron chi connectivity index (χ2n) is 3.57. The van der Waals surface area contributed by atoms with Crippen molar-refractivity contribution in [2.24, 2.45) is 5.92 Å². The van der Waals surface area contributed by atoms with Crippen molar-refractivity contribution in [2.75, 3.05) is 26.9 Å². The second kappa shape index (κ2) is 8.23. The van der Waals surface area contributed by atoms with E-state index in [0.717, 1.165) is 0 Å². The minimum absolute atomic E-state index is 0.423. The van der Waals surface area contributed by atoms with E-state index in [9.17, 15) is 9.59 Å². The molecule has 0 fully saturated rings. The molecule has 5 nitrogen and oxygen atoms in total. The molecule has 0 aromatic heterocycles. The van der Waals surface area contributed by atoms with Crippen LogP contribution in [0.25, 0.3) is 0 Å². The number of carbonyl (C=O) groups excluding carboxylic acids is 2. The Labute approximate surface area is 90.1 Å². The van der Waals surface area contributed by atoms with Crippen LogP contribution in [0.3, 0.4) is 0 Å². The minimum atomic E-state index is -0.863. The first-order chi connectivity index (χ1) is 7.07. The van der Waals surface area contributed by atoms with Crippen molar-refractivity contribution in [3.63, 3.8) is 0 Å². The van der Waals surface area contributed by atoms with E-state index in [2.05, 4.69) is 23.9 Å². The maximum absolute atomic E-state index is 10.9. The Bertz CT molecular complexity index is 204. The number of nitrogens with one attached hydrogen (secondary N) is 1. The van der Waals surface area contributed by atoms with Gasteiger partial charge in [0.2, 0.25) is 0 Å². The van der Waals surface area contributed by atoms with Crippen molar-refractivity contribution in [3.8, 4) is 0 Å². The molecule has 0 radical (unpaired) electrons. The van der Waals surface area contributed by atoms with Crippen molar-refractivity contribution in [3.05, 3.63) is 0 Å². The predicted octanol–water partition coefficient (Wildman–Crippen LogP) is 0.338. The first-order valence-corrected chi connectivity index (χ1v) is 5.01. The van der Waals surface area contributed by atoms with Crippen LogP contribution in [0, 0.1) is 5.92 Å². The van der Waals surface area contributed by atoms with Crippen molar-refractivity contribution in [2.45, 2.75) is 20.3 Å². The number of hydrogen-bond acceptors (Lipinski definition) is 4. The largest absolute Gasteiger partial charge is 0.462 e. The van der Waals surface area contributed by atoms with Gasteiger partial charge < -0.3 is 14.8 Å². The molecule has 0 spiro atoms. The van der Waals surface area contributed by atoms with Gasteiger partial charge in [0.15, 0.2) is 0 Å². The van der Waals surface area contributed by atoms with Crippen LogP contribution in [0.2, 0.25) is 0 Å². The number of hydrogen-bond donors (Lipinski definition) is 1. The zero-order chi connectivity index (χ0) is 11.7. The average Bonchev–Trinajstić information content (AvgIpc) is 2.21. The van der Waals surface area contributed by atoms with Gasteiger partial charge in [-0.15, -0.1) is 0 Å². The summed E-state index contributed by atoms with van der Waals surface area (Å²) in [6, 6.07) is 0. The summed E-state index contributed by atoms with van der Waals surface area (Å²) in [5.41, 5.74) is 0. The molecule has 88 valence electrons. The van der Waals surface area contributed by atoms with Gasteiger partial charge in [0.05, 0.1) is 7.11 Å². The fourth-order valence-corrected chi connectivity index (χ4v) is 0.860. The fourth-order valence-electron chi connectivity index (χ4n) is 0.860. The molecule has 0 aliphatic heterocycles. The molecule has 1 N–H and O–H groups in total. The standard InChI is InChI=1S/C10H19NO4/c1-8(2)7-15-6-4-5-11-9(12)10(13)14-3/h8H,4-7H2,1-3H3,(H,11,12). The number of rotatable bonds is 6. The van der Waals surface area contributed by atoms with Crippen molar-refractivity contribution in [1.29, 1.82) is 0 Å². The summed E-state index contributed by atoms with van der Waals surface area (Å²) in [7, 11) is 1.17. The molecule has 5 heteroatoms. The van der Waals surface area contributed by atoms with E-state index in [4.69, 9.17) is 4.74 Å². The molecule has 0 aromatic carbocycles. The van der Waals surface area contributed by atoms with Gasteiger partial charge in [-0.05, 0) is 12.3 Å². The van der Waals surface area contributed by atoms with Crippen LogP contribution in [0.15, 0.2) is 0 Å². The maximum Gasteiger partial charge on any atom is 0.396 e. The van der Waals surface area contributed by atoms with E-state index in [1.807, 2.05) is 0 Å². The quantitative estimate of drug-likeness (QED) is 0.396. The second-order valence-corrected chi connectivity index (χ2v) is 3.57. The summed E-state index contributed by atoms with van der Waals surface area (Å²) in [4.78, 5) is 21.5. The van der Waals surface area contributed by atoms with Crippen molar-refractivity contribution < 1.29 is 19.1 Å².